The summed E-state index contributed by atoms with van der Waals surface area (Å²) in [5.41, 5.74) is 1.94. The average Bonchev–Trinajstić information content (AvgIpc) is 3.05. The maximum absolute atomic E-state index is 12.7. The first-order valence-corrected chi connectivity index (χ1v) is 10.2. The smallest absolute Gasteiger partial charge is 0.323 e. The third kappa shape index (κ3) is 4.09. The number of hydrogen-bond donors (Lipinski definition) is 2. The minimum atomic E-state index is -0.282. The van der Waals surface area contributed by atoms with Crippen LogP contribution in [0.15, 0.2) is 29.6 Å². The van der Waals surface area contributed by atoms with E-state index >= 15 is 0 Å². The average molecular weight is 418 g/mol. The highest BCUT2D eigenvalue weighted by Crippen LogP contribution is 2.22. The second kappa shape index (κ2) is 8.04. The predicted octanol–water partition coefficient (Wildman–Crippen LogP) is 0.983. The molecule has 2 saturated heterocycles. The lowest BCUT2D eigenvalue weighted by atomic mass is 10.0. The van der Waals surface area contributed by atoms with Gasteiger partial charge in [-0.2, -0.15) is 0 Å². The monoisotopic (exact) mass is 417 g/mol. The second-order valence-corrected chi connectivity index (χ2v) is 8.02. The molecule has 0 saturated carbocycles. The number of fused-ring (bicyclic) bond motifs is 1. The fraction of sp³-hybridized carbons (Fsp3) is 0.450. The number of nitrogens with zero attached hydrogens (tertiary/aromatic N) is 3. The molecule has 2 amide bonds. The van der Waals surface area contributed by atoms with Crippen LogP contribution in [-0.4, -0.2) is 81.8 Å². The molecule has 3 heterocycles. The molecular formula is C20H24ClN5O3. The Morgan fingerprint density at radius 3 is 2.55 bits per heavy atom. The molecule has 154 valence electrons. The molecule has 0 unspecified atom stereocenters. The van der Waals surface area contributed by atoms with Crippen molar-refractivity contribution >= 4 is 34.4 Å². The van der Waals surface area contributed by atoms with Crippen LogP contribution >= 0.6 is 11.6 Å². The van der Waals surface area contributed by atoms with Gasteiger partial charge >= 0.3 is 5.69 Å². The lowest BCUT2D eigenvalue weighted by molar-refractivity contribution is -0.136. The number of carbonyl (C=O) groups is 2. The maximum Gasteiger partial charge on any atom is 0.323 e. The van der Waals surface area contributed by atoms with E-state index < -0.39 is 0 Å². The van der Waals surface area contributed by atoms with E-state index in [2.05, 4.69) is 21.4 Å². The third-order valence-electron chi connectivity index (χ3n) is 5.81. The van der Waals surface area contributed by atoms with Gasteiger partial charge in [0.25, 0.3) is 0 Å². The molecule has 2 N–H and O–H groups in total. The van der Waals surface area contributed by atoms with Crippen molar-refractivity contribution in [1.82, 2.24) is 24.7 Å². The molecule has 9 heteroatoms. The van der Waals surface area contributed by atoms with Crippen LogP contribution in [0, 0.1) is 0 Å². The number of aromatic amines is 2. The number of imidazole rings is 1. The maximum atomic E-state index is 12.7. The number of amides is 2. The molecule has 8 nitrogen and oxygen atoms in total. The number of benzene rings is 1. The van der Waals surface area contributed by atoms with Gasteiger partial charge in [-0.25, -0.2) is 4.79 Å². The fourth-order valence-corrected chi connectivity index (χ4v) is 4.35. The van der Waals surface area contributed by atoms with Crippen molar-refractivity contribution in [2.45, 2.75) is 18.9 Å². The molecule has 0 atom stereocenters. The Hall–Kier alpha value is -2.58. The summed E-state index contributed by atoms with van der Waals surface area (Å²) < 4.78 is 0. The van der Waals surface area contributed by atoms with Gasteiger partial charge in [-0.3, -0.25) is 14.5 Å². The zero-order valence-corrected chi connectivity index (χ0v) is 16.9. The Labute approximate surface area is 173 Å². The zero-order valence-electron chi connectivity index (χ0n) is 16.1. The number of nitrogens with one attached hydrogen (secondary N) is 2. The van der Waals surface area contributed by atoms with E-state index in [1.165, 1.54) is 6.08 Å². The number of likely N-dealkylation sites (tertiary alicyclic amines) is 1. The van der Waals surface area contributed by atoms with E-state index in [4.69, 9.17) is 11.6 Å². The largest absolute Gasteiger partial charge is 0.340 e. The van der Waals surface area contributed by atoms with Crippen molar-refractivity contribution in [2.75, 3.05) is 39.3 Å². The Bertz CT molecular complexity index is 999. The summed E-state index contributed by atoms with van der Waals surface area (Å²) in [6.45, 7) is 8.01. The van der Waals surface area contributed by atoms with Gasteiger partial charge in [-0.15, -0.1) is 0 Å². The van der Waals surface area contributed by atoms with Gasteiger partial charge in [0, 0.05) is 56.8 Å². The molecule has 1 aromatic heterocycles. The molecule has 2 aliphatic rings. The summed E-state index contributed by atoms with van der Waals surface area (Å²) in [5.74, 6) is 0.0849. The van der Waals surface area contributed by atoms with Crippen LogP contribution in [-0.2, 0) is 16.0 Å². The first-order chi connectivity index (χ1) is 13.9. The van der Waals surface area contributed by atoms with E-state index in [-0.39, 0.29) is 17.5 Å². The van der Waals surface area contributed by atoms with Gasteiger partial charge in [0.05, 0.1) is 11.0 Å². The van der Waals surface area contributed by atoms with Gasteiger partial charge in [0.15, 0.2) is 0 Å². The third-order valence-corrected chi connectivity index (χ3v) is 6.03. The summed E-state index contributed by atoms with van der Waals surface area (Å²) in [6.07, 6.45) is 2.24. The Balaban J connectivity index is 1.28. The normalized spacial score (nSPS) is 18.1. The standard InChI is InChI=1S/C20H24ClN5O3/c1-2-17(27)26-11-15(12-26)24-5-7-25(8-6-24)18(28)4-3-13-9-14(21)10-16-19(13)23-20(29)22-16/h2,9-10,15H,1,3-8,11-12H2,(H2,22,23,29). The molecule has 0 aliphatic carbocycles. The van der Waals surface area contributed by atoms with Crippen LogP contribution in [0.3, 0.4) is 0 Å². The number of halogens is 1. The molecule has 4 rings (SSSR count). The second-order valence-electron chi connectivity index (χ2n) is 7.58. The molecule has 0 bridgehead atoms. The van der Waals surface area contributed by atoms with Gasteiger partial charge in [0.1, 0.15) is 0 Å². The highest BCUT2D eigenvalue weighted by atomic mass is 35.5. The number of carbonyl (C=O) groups excluding carboxylic acids is 2. The quantitative estimate of drug-likeness (QED) is 0.709. The number of H-pyrrole nitrogens is 2. The number of piperazine rings is 1. The molecular weight excluding hydrogens is 394 g/mol. The first-order valence-electron chi connectivity index (χ1n) is 9.78. The molecule has 0 radical (unpaired) electrons. The Morgan fingerprint density at radius 1 is 1.14 bits per heavy atom. The van der Waals surface area contributed by atoms with Crippen molar-refractivity contribution in [3.8, 4) is 0 Å². The number of hydrogen-bond acceptors (Lipinski definition) is 4. The number of rotatable bonds is 5. The van der Waals surface area contributed by atoms with Gasteiger partial charge in [-0.1, -0.05) is 18.2 Å². The molecule has 2 aromatic rings. The van der Waals surface area contributed by atoms with Crippen molar-refractivity contribution in [3.63, 3.8) is 0 Å². The van der Waals surface area contributed by atoms with Crippen molar-refractivity contribution in [1.29, 1.82) is 0 Å². The van der Waals surface area contributed by atoms with Crippen molar-refractivity contribution < 1.29 is 9.59 Å². The fourth-order valence-electron chi connectivity index (χ4n) is 4.11. The highest BCUT2D eigenvalue weighted by molar-refractivity contribution is 6.31. The molecule has 2 fully saturated rings. The van der Waals surface area contributed by atoms with Gasteiger partial charge in [-0.05, 0) is 30.2 Å². The van der Waals surface area contributed by atoms with E-state index in [1.807, 2.05) is 4.90 Å². The highest BCUT2D eigenvalue weighted by Gasteiger charge is 2.35. The zero-order chi connectivity index (χ0) is 20.5. The Kier molecular flexibility index (Phi) is 5.47. The van der Waals surface area contributed by atoms with Crippen LogP contribution in [0.1, 0.15) is 12.0 Å². The predicted molar refractivity (Wildman–Crippen MR) is 111 cm³/mol. The lowest BCUT2D eigenvalue weighted by Gasteiger charge is -2.47. The molecule has 29 heavy (non-hydrogen) atoms. The topological polar surface area (TPSA) is 92.5 Å². The van der Waals surface area contributed by atoms with E-state index in [0.29, 0.717) is 48.0 Å². The SMILES string of the molecule is C=CC(=O)N1CC(N2CCN(C(=O)CCc3cc(Cl)cc4[nH]c(=O)[nH]c34)CC2)C1. The van der Waals surface area contributed by atoms with Gasteiger partial charge < -0.3 is 19.8 Å². The summed E-state index contributed by atoms with van der Waals surface area (Å²) in [6, 6.07) is 3.87. The van der Waals surface area contributed by atoms with Crippen LogP contribution in [0.2, 0.25) is 5.02 Å². The summed E-state index contributed by atoms with van der Waals surface area (Å²) in [5, 5.41) is 0.535. The first kappa shape index (κ1) is 19.7. The van der Waals surface area contributed by atoms with Crippen LogP contribution < -0.4 is 5.69 Å². The minimum Gasteiger partial charge on any atom is -0.340 e. The van der Waals surface area contributed by atoms with Gasteiger partial charge in [0.2, 0.25) is 11.8 Å². The summed E-state index contributed by atoms with van der Waals surface area (Å²) in [4.78, 5) is 47.3. The lowest BCUT2D eigenvalue weighted by Crippen LogP contribution is -2.64. The van der Waals surface area contributed by atoms with E-state index in [0.717, 1.165) is 31.7 Å². The van der Waals surface area contributed by atoms with Crippen LogP contribution in [0.4, 0.5) is 0 Å². The summed E-state index contributed by atoms with van der Waals surface area (Å²) >= 11 is 6.13. The number of aromatic nitrogens is 2. The van der Waals surface area contributed by atoms with Crippen molar-refractivity contribution in [3.05, 3.63) is 45.9 Å². The van der Waals surface area contributed by atoms with Crippen molar-refractivity contribution in [2.24, 2.45) is 0 Å². The molecule has 2 aliphatic heterocycles. The molecule has 0 spiro atoms. The van der Waals surface area contributed by atoms with Crippen LogP contribution in [0.5, 0.6) is 0 Å². The summed E-state index contributed by atoms with van der Waals surface area (Å²) in [7, 11) is 0. The van der Waals surface area contributed by atoms with E-state index in [9.17, 15) is 14.4 Å². The minimum absolute atomic E-state index is 0.0195. The molecule has 1 aromatic carbocycles. The Morgan fingerprint density at radius 2 is 1.86 bits per heavy atom. The number of aryl methyl sites for hydroxylation is 1. The van der Waals surface area contributed by atoms with E-state index in [1.54, 1.807) is 17.0 Å². The van der Waals surface area contributed by atoms with Crippen LogP contribution in [0.25, 0.3) is 11.0 Å².